The van der Waals surface area contributed by atoms with E-state index in [-0.39, 0.29) is 5.91 Å². The van der Waals surface area contributed by atoms with Gasteiger partial charge in [0.25, 0.3) is 0 Å². The van der Waals surface area contributed by atoms with E-state index in [1.54, 1.807) is 0 Å². The highest BCUT2D eigenvalue weighted by molar-refractivity contribution is 5.83. The highest BCUT2D eigenvalue weighted by Crippen LogP contribution is 2.24. The van der Waals surface area contributed by atoms with Gasteiger partial charge in [0.1, 0.15) is 0 Å². The zero-order valence-electron chi connectivity index (χ0n) is 8.79. The molecule has 3 N–H and O–H groups in total. The van der Waals surface area contributed by atoms with Gasteiger partial charge in [-0.1, -0.05) is 6.07 Å². The Morgan fingerprint density at radius 1 is 1.47 bits per heavy atom. The number of piperazine rings is 1. The maximum Gasteiger partial charge on any atom is 0.239 e. The minimum atomic E-state index is 0.0723. The van der Waals surface area contributed by atoms with Crippen molar-refractivity contribution in [2.45, 2.75) is 6.92 Å². The van der Waals surface area contributed by atoms with Crippen molar-refractivity contribution in [1.29, 1.82) is 0 Å². The van der Waals surface area contributed by atoms with Crippen molar-refractivity contribution in [2.75, 3.05) is 30.3 Å². The van der Waals surface area contributed by atoms with Crippen molar-refractivity contribution in [3.63, 3.8) is 0 Å². The Hall–Kier alpha value is -1.71. The average Bonchev–Trinajstić information content (AvgIpc) is 2.22. The van der Waals surface area contributed by atoms with Crippen molar-refractivity contribution < 1.29 is 4.79 Å². The topological polar surface area (TPSA) is 58.4 Å². The third kappa shape index (κ3) is 1.88. The zero-order chi connectivity index (χ0) is 10.8. The van der Waals surface area contributed by atoms with Gasteiger partial charge in [-0.2, -0.15) is 0 Å². The van der Waals surface area contributed by atoms with Gasteiger partial charge in [-0.3, -0.25) is 4.79 Å². The largest absolute Gasteiger partial charge is 0.398 e. The van der Waals surface area contributed by atoms with Crippen LogP contribution < -0.4 is 16.0 Å². The Balaban J connectivity index is 2.28. The first-order chi connectivity index (χ1) is 7.18. The Morgan fingerprint density at radius 3 is 3.00 bits per heavy atom. The average molecular weight is 205 g/mol. The molecule has 1 aromatic rings. The fourth-order valence-corrected chi connectivity index (χ4v) is 1.83. The van der Waals surface area contributed by atoms with E-state index in [4.69, 9.17) is 5.73 Å². The van der Waals surface area contributed by atoms with Crippen LogP contribution in [-0.2, 0) is 4.79 Å². The zero-order valence-corrected chi connectivity index (χ0v) is 8.79. The van der Waals surface area contributed by atoms with E-state index in [0.29, 0.717) is 13.1 Å². The second kappa shape index (κ2) is 3.81. The predicted molar refractivity (Wildman–Crippen MR) is 60.8 cm³/mol. The van der Waals surface area contributed by atoms with Crippen molar-refractivity contribution in [1.82, 2.24) is 5.32 Å². The molecule has 0 saturated carbocycles. The number of nitrogen functional groups attached to an aromatic ring is 1. The summed E-state index contributed by atoms with van der Waals surface area (Å²) in [5.41, 5.74) is 8.72. The van der Waals surface area contributed by atoms with Crippen molar-refractivity contribution in [3.05, 3.63) is 23.8 Å². The number of benzene rings is 1. The lowest BCUT2D eigenvalue weighted by Gasteiger charge is -2.30. The lowest BCUT2D eigenvalue weighted by Crippen LogP contribution is -2.47. The molecule has 0 aliphatic carbocycles. The summed E-state index contributed by atoms with van der Waals surface area (Å²) < 4.78 is 0. The Labute approximate surface area is 89.1 Å². The molecule has 0 atom stereocenters. The molecule has 0 aromatic heterocycles. The Kier molecular flexibility index (Phi) is 2.49. The molecule has 1 aliphatic rings. The molecule has 1 saturated heterocycles. The van der Waals surface area contributed by atoms with Crippen LogP contribution in [0.3, 0.4) is 0 Å². The van der Waals surface area contributed by atoms with Gasteiger partial charge in [-0.15, -0.1) is 0 Å². The number of anilines is 2. The monoisotopic (exact) mass is 205 g/mol. The quantitative estimate of drug-likeness (QED) is 0.657. The first-order valence-corrected chi connectivity index (χ1v) is 5.05. The van der Waals surface area contributed by atoms with Crippen molar-refractivity contribution in [2.24, 2.45) is 0 Å². The summed E-state index contributed by atoms with van der Waals surface area (Å²) in [7, 11) is 0. The van der Waals surface area contributed by atoms with E-state index in [9.17, 15) is 4.79 Å². The van der Waals surface area contributed by atoms with Crippen LogP contribution >= 0.6 is 0 Å². The smallest absolute Gasteiger partial charge is 0.239 e. The van der Waals surface area contributed by atoms with Crippen LogP contribution in [0.4, 0.5) is 11.4 Å². The number of hydrogen-bond donors (Lipinski definition) is 2. The highest BCUT2D eigenvalue weighted by Gasteiger charge is 2.18. The van der Waals surface area contributed by atoms with Crippen LogP contribution in [0.2, 0.25) is 0 Å². The molecule has 1 amide bonds. The van der Waals surface area contributed by atoms with Gasteiger partial charge in [0.05, 0.1) is 6.54 Å². The number of nitrogens with zero attached hydrogens (tertiary/aromatic N) is 1. The number of amides is 1. The maximum atomic E-state index is 11.3. The predicted octanol–water partition coefficient (Wildman–Crippen LogP) is 0.513. The van der Waals surface area contributed by atoms with Crippen molar-refractivity contribution >= 4 is 17.3 Å². The molecule has 0 radical (unpaired) electrons. The molecule has 15 heavy (non-hydrogen) atoms. The van der Waals surface area contributed by atoms with Gasteiger partial charge in [0.15, 0.2) is 0 Å². The van der Waals surface area contributed by atoms with E-state index < -0.39 is 0 Å². The second-order valence-electron chi connectivity index (χ2n) is 3.76. The first-order valence-electron chi connectivity index (χ1n) is 5.05. The lowest BCUT2D eigenvalue weighted by molar-refractivity contribution is -0.120. The van der Waals surface area contributed by atoms with Crippen LogP contribution in [0.25, 0.3) is 0 Å². The van der Waals surface area contributed by atoms with Gasteiger partial charge >= 0.3 is 0 Å². The SMILES string of the molecule is Cc1c(N)cccc1N1CCNC(=O)C1. The summed E-state index contributed by atoms with van der Waals surface area (Å²) in [6.07, 6.45) is 0. The van der Waals surface area contributed by atoms with Gasteiger partial charge in [-0.25, -0.2) is 0 Å². The Bertz CT molecular complexity index is 389. The van der Waals surface area contributed by atoms with E-state index in [1.165, 1.54) is 0 Å². The molecule has 2 rings (SSSR count). The highest BCUT2D eigenvalue weighted by atomic mass is 16.2. The molecule has 1 aromatic carbocycles. The number of nitrogens with two attached hydrogens (primary N) is 1. The molecular weight excluding hydrogens is 190 g/mol. The minimum Gasteiger partial charge on any atom is -0.398 e. The molecule has 4 nitrogen and oxygen atoms in total. The molecule has 80 valence electrons. The summed E-state index contributed by atoms with van der Waals surface area (Å²) in [5, 5.41) is 2.80. The molecule has 1 fully saturated rings. The maximum absolute atomic E-state index is 11.3. The third-order valence-electron chi connectivity index (χ3n) is 2.73. The van der Waals surface area contributed by atoms with Gasteiger partial charge in [-0.05, 0) is 24.6 Å². The first kappa shape index (κ1) is 9.83. The number of carbonyl (C=O) groups is 1. The second-order valence-corrected chi connectivity index (χ2v) is 3.76. The van der Waals surface area contributed by atoms with Gasteiger partial charge in [0, 0.05) is 24.5 Å². The van der Waals surface area contributed by atoms with Gasteiger partial charge in [0.2, 0.25) is 5.91 Å². The summed E-state index contributed by atoms with van der Waals surface area (Å²) in [6.45, 7) is 3.95. The molecule has 4 heteroatoms. The molecule has 0 bridgehead atoms. The van der Waals surface area contributed by atoms with Crippen LogP contribution in [0.5, 0.6) is 0 Å². The van der Waals surface area contributed by atoms with Crippen LogP contribution in [0.1, 0.15) is 5.56 Å². The van der Waals surface area contributed by atoms with E-state index in [0.717, 1.165) is 23.5 Å². The van der Waals surface area contributed by atoms with E-state index in [1.807, 2.05) is 25.1 Å². The summed E-state index contributed by atoms with van der Waals surface area (Å²) in [6, 6.07) is 5.80. The van der Waals surface area contributed by atoms with E-state index in [2.05, 4.69) is 10.2 Å². The van der Waals surface area contributed by atoms with Crippen LogP contribution in [0.15, 0.2) is 18.2 Å². The van der Waals surface area contributed by atoms with Crippen molar-refractivity contribution in [3.8, 4) is 0 Å². The third-order valence-corrected chi connectivity index (χ3v) is 2.73. The molecule has 1 aliphatic heterocycles. The number of hydrogen-bond acceptors (Lipinski definition) is 3. The molecule has 0 spiro atoms. The summed E-state index contributed by atoms with van der Waals surface area (Å²) in [4.78, 5) is 13.3. The Morgan fingerprint density at radius 2 is 2.27 bits per heavy atom. The number of nitrogens with one attached hydrogen (secondary N) is 1. The molecule has 0 unspecified atom stereocenters. The van der Waals surface area contributed by atoms with Crippen LogP contribution in [0, 0.1) is 6.92 Å². The fourth-order valence-electron chi connectivity index (χ4n) is 1.83. The fraction of sp³-hybridized carbons (Fsp3) is 0.364. The summed E-state index contributed by atoms with van der Waals surface area (Å²) in [5.74, 6) is 0.0723. The number of carbonyl (C=O) groups excluding carboxylic acids is 1. The number of rotatable bonds is 1. The van der Waals surface area contributed by atoms with E-state index >= 15 is 0 Å². The van der Waals surface area contributed by atoms with Gasteiger partial charge < -0.3 is 16.0 Å². The molecular formula is C11H15N3O. The lowest BCUT2D eigenvalue weighted by atomic mass is 10.1. The standard InChI is InChI=1S/C11H15N3O/c1-8-9(12)3-2-4-10(8)14-6-5-13-11(15)7-14/h2-4H,5-7,12H2,1H3,(H,13,15). The molecule has 1 heterocycles. The summed E-state index contributed by atoms with van der Waals surface area (Å²) >= 11 is 0. The van der Waals surface area contributed by atoms with Crippen LogP contribution in [-0.4, -0.2) is 25.5 Å². The minimum absolute atomic E-state index is 0.0723. The normalized spacial score (nSPS) is 16.3.